The van der Waals surface area contributed by atoms with Crippen LogP contribution < -0.4 is 0 Å². The molecular formula is C12H21NO3. The molecule has 1 atom stereocenters. The first-order valence-corrected chi connectivity index (χ1v) is 6.38. The van der Waals surface area contributed by atoms with Crippen molar-refractivity contribution in [3.63, 3.8) is 0 Å². The first-order valence-electron chi connectivity index (χ1n) is 6.38. The lowest BCUT2D eigenvalue weighted by Crippen LogP contribution is -2.29. The van der Waals surface area contributed by atoms with E-state index in [0.717, 1.165) is 38.5 Å². The first kappa shape index (κ1) is 13.1. The van der Waals surface area contributed by atoms with Gasteiger partial charge in [-0.05, 0) is 12.8 Å². The van der Waals surface area contributed by atoms with Gasteiger partial charge in [0.15, 0.2) is 0 Å². The van der Waals surface area contributed by atoms with E-state index in [9.17, 15) is 14.9 Å². The molecule has 1 fully saturated rings. The summed E-state index contributed by atoms with van der Waals surface area (Å²) >= 11 is 0. The van der Waals surface area contributed by atoms with Crippen molar-refractivity contribution in [1.82, 2.24) is 0 Å². The lowest BCUT2D eigenvalue weighted by Gasteiger charge is -2.10. The van der Waals surface area contributed by atoms with E-state index in [-0.39, 0.29) is 5.78 Å². The monoisotopic (exact) mass is 227 g/mol. The van der Waals surface area contributed by atoms with Gasteiger partial charge in [0.1, 0.15) is 0 Å². The van der Waals surface area contributed by atoms with Gasteiger partial charge < -0.3 is 0 Å². The van der Waals surface area contributed by atoms with E-state index in [1.165, 1.54) is 12.8 Å². The molecule has 0 saturated heterocycles. The van der Waals surface area contributed by atoms with Crippen molar-refractivity contribution in [2.24, 2.45) is 0 Å². The largest absolute Gasteiger partial charge is 0.292 e. The molecule has 1 aliphatic rings. The van der Waals surface area contributed by atoms with Gasteiger partial charge in [0.2, 0.25) is 5.78 Å². The topological polar surface area (TPSA) is 60.2 Å². The zero-order valence-electron chi connectivity index (χ0n) is 9.82. The van der Waals surface area contributed by atoms with Gasteiger partial charge in [-0.1, -0.05) is 38.5 Å². The summed E-state index contributed by atoms with van der Waals surface area (Å²) in [7, 11) is 0. The second-order valence-corrected chi connectivity index (χ2v) is 4.63. The van der Waals surface area contributed by atoms with Crippen LogP contribution in [0.15, 0.2) is 0 Å². The number of nitrogens with zero attached hydrogens (tertiary/aromatic N) is 1. The molecule has 4 nitrogen and oxygen atoms in total. The van der Waals surface area contributed by atoms with E-state index in [0.29, 0.717) is 12.8 Å². The Kier molecular flexibility index (Phi) is 6.04. The van der Waals surface area contributed by atoms with E-state index >= 15 is 0 Å². The van der Waals surface area contributed by atoms with E-state index in [2.05, 4.69) is 0 Å². The van der Waals surface area contributed by atoms with Crippen LogP contribution in [0.25, 0.3) is 0 Å². The van der Waals surface area contributed by atoms with E-state index in [4.69, 9.17) is 0 Å². The molecule has 1 aliphatic carbocycles. The van der Waals surface area contributed by atoms with Gasteiger partial charge in [-0.2, -0.15) is 0 Å². The van der Waals surface area contributed by atoms with E-state index < -0.39 is 11.0 Å². The number of carbonyl (C=O) groups excluding carboxylic acids is 1. The van der Waals surface area contributed by atoms with Crippen molar-refractivity contribution in [3.8, 4) is 0 Å². The predicted molar refractivity (Wildman–Crippen MR) is 62.0 cm³/mol. The second kappa shape index (κ2) is 7.36. The first-order chi connectivity index (χ1) is 7.72. The molecule has 16 heavy (non-hydrogen) atoms. The van der Waals surface area contributed by atoms with Crippen LogP contribution in [-0.2, 0) is 4.79 Å². The summed E-state index contributed by atoms with van der Waals surface area (Å²) in [5.41, 5.74) is 0. The minimum atomic E-state index is -0.931. The number of rotatable bonds is 1. The van der Waals surface area contributed by atoms with Crippen LogP contribution in [0.4, 0.5) is 0 Å². The lowest BCUT2D eigenvalue weighted by molar-refractivity contribution is -0.508. The molecule has 0 radical (unpaired) electrons. The highest BCUT2D eigenvalue weighted by Crippen LogP contribution is 2.16. The molecule has 1 unspecified atom stereocenters. The smallest absolute Gasteiger partial charge is 0.270 e. The van der Waals surface area contributed by atoms with Gasteiger partial charge >= 0.3 is 0 Å². The van der Waals surface area contributed by atoms with Crippen molar-refractivity contribution in [3.05, 3.63) is 10.1 Å². The maximum atomic E-state index is 11.6. The van der Waals surface area contributed by atoms with Crippen LogP contribution in [0, 0.1) is 10.1 Å². The summed E-state index contributed by atoms with van der Waals surface area (Å²) in [5, 5.41) is 10.8. The molecule has 0 N–H and O–H groups in total. The highest BCUT2D eigenvalue weighted by molar-refractivity contribution is 5.82. The molecule has 0 aromatic rings. The van der Waals surface area contributed by atoms with Crippen LogP contribution >= 0.6 is 0 Å². The summed E-state index contributed by atoms with van der Waals surface area (Å²) in [6, 6.07) is -0.931. The van der Waals surface area contributed by atoms with E-state index in [1.54, 1.807) is 0 Å². The Balaban J connectivity index is 2.46. The third-order valence-corrected chi connectivity index (χ3v) is 3.28. The van der Waals surface area contributed by atoms with Crippen LogP contribution in [0.5, 0.6) is 0 Å². The molecule has 0 aromatic heterocycles. The van der Waals surface area contributed by atoms with Crippen LogP contribution in [0.3, 0.4) is 0 Å². The molecule has 92 valence electrons. The predicted octanol–water partition coefficient (Wildman–Crippen LogP) is 3.12. The Morgan fingerprint density at radius 1 is 0.938 bits per heavy atom. The fraction of sp³-hybridized carbons (Fsp3) is 0.917. The van der Waals surface area contributed by atoms with Crippen molar-refractivity contribution in [2.45, 2.75) is 70.3 Å². The molecule has 4 heteroatoms. The van der Waals surface area contributed by atoms with Crippen LogP contribution in [-0.4, -0.2) is 16.7 Å². The standard InChI is InChI=1S/C12H21NO3/c14-12-10-8-6-4-2-1-3-5-7-9-11(12)13(15)16/h11H,1-10H2. The fourth-order valence-corrected chi connectivity index (χ4v) is 2.25. The summed E-state index contributed by atoms with van der Waals surface area (Å²) in [6.07, 6.45) is 9.32. The van der Waals surface area contributed by atoms with Gasteiger partial charge in [-0.15, -0.1) is 0 Å². The number of carbonyl (C=O) groups is 1. The fourth-order valence-electron chi connectivity index (χ4n) is 2.25. The maximum Gasteiger partial charge on any atom is 0.270 e. The maximum absolute atomic E-state index is 11.6. The Morgan fingerprint density at radius 2 is 1.44 bits per heavy atom. The van der Waals surface area contributed by atoms with Gasteiger partial charge in [0.25, 0.3) is 6.04 Å². The molecule has 0 amide bonds. The lowest BCUT2D eigenvalue weighted by atomic mass is 9.97. The van der Waals surface area contributed by atoms with Crippen LogP contribution in [0.2, 0.25) is 0 Å². The second-order valence-electron chi connectivity index (χ2n) is 4.63. The summed E-state index contributed by atoms with van der Waals surface area (Å²) in [4.78, 5) is 22.0. The molecule has 0 aliphatic heterocycles. The number of ketones is 1. The number of hydrogen-bond acceptors (Lipinski definition) is 3. The summed E-state index contributed by atoms with van der Waals surface area (Å²) < 4.78 is 0. The third-order valence-electron chi connectivity index (χ3n) is 3.28. The molecule has 1 saturated carbocycles. The number of nitro groups is 1. The Hall–Kier alpha value is -0.930. The minimum Gasteiger partial charge on any atom is -0.292 e. The summed E-state index contributed by atoms with van der Waals surface area (Å²) in [5.74, 6) is -0.162. The molecule has 0 spiro atoms. The molecule has 0 heterocycles. The van der Waals surface area contributed by atoms with Crippen molar-refractivity contribution in [2.75, 3.05) is 0 Å². The SMILES string of the molecule is O=C1CCCCCCCCCCC1[N+](=O)[O-]. The van der Waals surface area contributed by atoms with Crippen LogP contribution in [0.1, 0.15) is 64.2 Å². The molecule has 0 aromatic carbocycles. The Morgan fingerprint density at radius 3 is 2.00 bits per heavy atom. The molecule has 0 bridgehead atoms. The average molecular weight is 227 g/mol. The Bertz CT molecular complexity index is 240. The molecule has 1 rings (SSSR count). The summed E-state index contributed by atoms with van der Waals surface area (Å²) in [6.45, 7) is 0. The zero-order valence-corrected chi connectivity index (χ0v) is 9.82. The highest BCUT2D eigenvalue weighted by Gasteiger charge is 2.27. The number of hydrogen-bond donors (Lipinski definition) is 0. The van der Waals surface area contributed by atoms with E-state index in [1.807, 2.05) is 0 Å². The number of Topliss-reactive ketones (excluding diaryl/α,β-unsaturated/α-hetero) is 1. The average Bonchev–Trinajstić information content (AvgIpc) is 2.22. The quantitative estimate of drug-likeness (QED) is 0.510. The van der Waals surface area contributed by atoms with Gasteiger partial charge in [0, 0.05) is 17.8 Å². The van der Waals surface area contributed by atoms with Gasteiger partial charge in [-0.25, -0.2) is 0 Å². The third kappa shape index (κ3) is 4.73. The van der Waals surface area contributed by atoms with Crippen molar-refractivity contribution >= 4 is 5.78 Å². The normalized spacial score (nSPS) is 25.5. The minimum absolute atomic E-state index is 0.162. The molecular weight excluding hydrogens is 206 g/mol. The highest BCUT2D eigenvalue weighted by atomic mass is 16.6. The Labute approximate surface area is 96.6 Å². The van der Waals surface area contributed by atoms with Crippen molar-refractivity contribution < 1.29 is 9.72 Å². The van der Waals surface area contributed by atoms with Gasteiger partial charge in [-0.3, -0.25) is 14.9 Å². The van der Waals surface area contributed by atoms with Gasteiger partial charge in [0.05, 0.1) is 0 Å². The zero-order chi connectivity index (χ0) is 11.8. The van der Waals surface area contributed by atoms with Crippen molar-refractivity contribution in [1.29, 1.82) is 0 Å².